The number of methoxy groups -OCH3 is 1. The van der Waals surface area contributed by atoms with Crippen molar-refractivity contribution in [1.82, 2.24) is 10.6 Å². The van der Waals surface area contributed by atoms with E-state index in [1.54, 1.807) is 0 Å². The fourth-order valence-corrected chi connectivity index (χ4v) is 3.02. The van der Waals surface area contributed by atoms with Gasteiger partial charge in [0, 0.05) is 13.0 Å². The normalized spacial score (nSPS) is 12.4. The number of benzene rings is 2. The van der Waals surface area contributed by atoms with Crippen LogP contribution in [0, 0.1) is 13.8 Å². The van der Waals surface area contributed by atoms with E-state index in [2.05, 4.69) is 10.6 Å². The molecule has 0 fully saturated rings. The topological polar surface area (TPSA) is 114 Å². The highest BCUT2D eigenvalue weighted by atomic mass is 16.5. The van der Waals surface area contributed by atoms with Crippen LogP contribution >= 0.6 is 0 Å². The van der Waals surface area contributed by atoms with Gasteiger partial charge in [-0.3, -0.25) is 4.79 Å². The maximum absolute atomic E-state index is 12.3. The quantitative estimate of drug-likeness (QED) is 0.486. The van der Waals surface area contributed by atoms with E-state index in [4.69, 9.17) is 9.47 Å². The van der Waals surface area contributed by atoms with E-state index in [0.29, 0.717) is 0 Å². The monoisotopic (exact) mass is 442 g/mol. The van der Waals surface area contributed by atoms with Crippen molar-refractivity contribution in [1.29, 1.82) is 0 Å². The van der Waals surface area contributed by atoms with E-state index in [-0.39, 0.29) is 26.0 Å². The van der Waals surface area contributed by atoms with Crippen LogP contribution in [0.25, 0.3) is 0 Å². The third-order valence-corrected chi connectivity index (χ3v) is 4.95. The van der Waals surface area contributed by atoms with Gasteiger partial charge in [-0.25, -0.2) is 9.59 Å². The predicted molar refractivity (Wildman–Crippen MR) is 119 cm³/mol. The second kappa shape index (κ2) is 12.5. The zero-order valence-electron chi connectivity index (χ0n) is 18.6. The Labute approximate surface area is 187 Å². The standard InChI is InChI=1S/C24H30N2O6/c1-16-9-10-19(11-17(16)2)12-21(23(29)31-3)26-22(28)13-20(27)14-25-24(30)32-15-18-7-5-4-6-8-18/h4-11,20-21,27H,12-15H2,1-3H3,(H,25,30)(H,26,28)/t20-,21-/m1/s1. The Balaban J connectivity index is 1.80. The number of carbonyl (C=O) groups excluding carboxylic acids is 3. The number of aryl methyl sites for hydroxylation is 2. The molecular formula is C24H30N2O6. The second-order valence-electron chi connectivity index (χ2n) is 7.57. The van der Waals surface area contributed by atoms with Gasteiger partial charge >= 0.3 is 12.1 Å². The van der Waals surface area contributed by atoms with Gasteiger partial charge in [-0.15, -0.1) is 0 Å². The minimum absolute atomic E-state index is 0.0998. The highest BCUT2D eigenvalue weighted by Crippen LogP contribution is 2.12. The molecule has 0 spiro atoms. The number of amides is 2. The van der Waals surface area contributed by atoms with Gasteiger partial charge in [-0.1, -0.05) is 48.5 Å². The molecule has 2 aromatic carbocycles. The van der Waals surface area contributed by atoms with Crippen LogP contribution in [0.2, 0.25) is 0 Å². The summed E-state index contributed by atoms with van der Waals surface area (Å²) in [6.45, 7) is 3.90. The summed E-state index contributed by atoms with van der Waals surface area (Å²) in [6, 6.07) is 14.1. The van der Waals surface area contributed by atoms with Gasteiger partial charge in [0.15, 0.2) is 0 Å². The molecule has 0 aliphatic rings. The van der Waals surface area contributed by atoms with E-state index in [0.717, 1.165) is 22.3 Å². The van der Waals surface area contributed by atoms with Crippen LogP contribution in [0.5, 0.6) is 0 Å². The summed E-state index contributed by atoms with van der Waals surface area (Å²) in [5, 5.41) is 15.1. The predicted octanol–water partition coefficient (Wildman–Crippen LogP) is 2.18. The van der Waals surface area contributed by atoms with Crippen molar-refractivity contribution in [2.24, 2.45) is 0 Å². The number of nitrogens with one attached hydrogen (secondary N) is 2. The summed E-state index contributed by atoms with van der Waals surface area (Å²) in [5.41, 5.74) is 3.93. The van der Waals surface area contributed by atoms with Crippen molar-refractivity contribution in [3.8, 4) is 0 Å². The van der Waals surface area contributed by atoms with E-state index in [9.17, 15) is 19.5 Å². The molecule has 32 heavy (non-hydrogen) atoms. The van der Waals surface area contributed by atoms with Crippen LogP contribution in [-0.4, -0.2) is 48.9 Å². The first-order valence-electron chi connectivity index (χ1n) is 10.3. The molecule has 0 aromatic heterocycles. The average Bonchev–Trinajstić information content (AvgIpc) is 2.78. The number of hydrogen-bond acceptors (Lipinski definition) is 6. The van der Waals surface area contributed by atoms with E-state index < -0.39 is 30.1 Å². The molecule has 0 aliphatic heterocycles. The molecule has 0 radical (unpaired) electrons. The third-order valence-electron chi connectivity index (χ3n) is 4.95. The minimum atomic E-state index is -1.14. The summed E-state index contributed by atoms with van der Waals surface area (Å²) in [5.74, 6) is -1.11. The van der Waals surface area contributed by atoms with Crippen LogP contribution in [0.15, 0.2) is 48.5 Å². The molecule has 0 saturated carbocycles. The summed E-state index contributed by atoms with van der Waals surface area (Å²) in [4.78, 5) is 36.2. The molecule has 0 aliphatic carbocycles. The van der Waals surface area contributed by atoms with Crippen molar-refractivity contribution in [2.75, 3.05) is 13.7 Å². The van der Waals surface area contributed by atoms with Crippen LogP contribution < -0.4 is 10.6 Å². The van der Waals surface area contributed by atoms with Gasteiger partial charge < -0.3 is 25.2 Å². The lowest BCUT2D eigenvalue weighted by molar-refractivity contribution is -0.145. The summed E-state index contributed by atoms with van der Waals surface area (Å²) in [6.07, 6.45) is -1.87. The van der Waals surface area contributed by atoms with Crippen LogP contribution in [-0.2, 0) is 32.1 Å². The van der Waals surface area contributed by atoms with E-state index in [1.165, 1.54) is 7.11 Å². The molecular weight excluding hydrogens is 412 g/mol. The van der Waals surface area contributed by atoms with Gasteiger partial charge in [-0.2, -0.15) is 0 Å². The molecule has 0 unspecified atom stereocenters. The Bertz CT molecular complexity index is 916. The van der Waals surface area contributed by atoms with Gasteiger partial charge in [0.1, 0.15) is 12.6 Å². The number of hydrogen-bond donors (Lipinski definition) is 3. The molecule has 2 amide bonds. The first-order valence-corrected chi connectivity index (χ1v) is 10.3. The highest BCUT2D eigenvalue weighted by molar-refractivity contribution is 5.85. The Hall–Kier alpha value is -3.39. The van der Waals surface area contributed by atoms with Crippen molar-refractivity contribution in [2.45, 2.75) is 45.4 Å². The van der Waals surface area contributed by atoms with Crippen molar-refractivity contribution in [3.05, 3.63) is 70.8 Å². The molecule has 2 atom stereocenters. The Kier molecular flexibility index (Phi) is 9.69. The van der Waals surface area contributed by atoms with Crippen molar-refractivity contribution < 1.29 is 29.0 Å². The number of rotatable bonds is 10. The summed E-state index contributed by atoms with van der Waals surface area (Å²) < 4.78 is 9.85. The maximum Gasteiger partial charge on any atom is 0.407 e. The molecule has 8 nitrogen and oxygen atoms in total. The third kappa shape index (κ3) is 8.39. The molecule has 172 valence electrons. The SMILES string of the molecule is COC(=O)[C@@H](Cc1ccc(C)c(C)c1)NC(=O)C[C@@H](O)CNC(=O)OCc1ccccc1. The van der Waals surface area contributed by atoms with Crippen LogP contribution in [0.1, 0.15) is 28.7 Å². The molecule has 0 heterocycles. The molecule has 8 heteroatoms. The van der Waals surface area contributed by atoms with Gasteiger partial charge in [-0.05, 0) is 36.1 Å². The number of aliphatic hydroxyl groups is 1. The largest absolute Gasteiger partial charge is 0.467 e. The Morgan fingerprint density at radius 3 is 2.38 bits per heavy atom. The lowest BCUT2D eigenvalue weighted by Gasteiger charge is -2.18. The fourth-order valence-electron chi connectivity index (χ4n) is 3.02. The highest BCUT2D eigenvalue weighted by Gasteiger charge is 2.23. The van der Waals surface area contributed by atoms with Crippen molar-refractivity contribution in [3.63, 3.8) is 0 Å². The maximum atomic E-state index is 12.3. The molecule has 0 saturated heterocycles. The zero-order chi connectivity index (χ0) is 23.5. The minimum Gasteiger partial charge on any atom is -0.467 e. The summed E-state index contributed by atoms with van der Waals surface area (Å²) >= 11 is 0. The zero-order valence-corrected chi connectivity index (χ0v) is 18.6. The van der Waals surface area contributed by atoms with Crippen LogP contribution in [0.3, 0.4) is 0 Å². The van der Waals surface area contributed by atoms with Gasteiger partial charge in [0.05, 0.1) is 19.6 Å². The second-order valence-corrected chi connectivity index (χ2v) is 7.57. The average molecular weight is 443 g/mol. The lowest BCUT2D eigenvalue weighted by atomic mass is 10.0. The van der Waals surface area contributed by atoms with E-state index in [1.807, 2.05) is 62.4 Å². The van der Waals surface area contributed by atoms with Crippen LogP contribution in [0.4, 0.5) is 4.79 Å². The summed E-state index contributed by atoms with van der Waals surface area (Å²) in [7, 11) is 1.25. The molecule has 2 aromatic rings. The number of carbonyl (C=O) groups is 3. The smallest absolute Gasteiger partial charge is 0.407 e. The first kappa shape index (κ1) is 24.9. The number of ether oxygens (including phenoxy) is 2. The Morgan fingerprint density at radius 2 is 1.72 bits per heavy atom. The number of aliphatic hydroxyl groups excluding tert-OH is 1. The van der Waals surface area contributed by atoms with Gasteiger partial charge in [0.2, 0.25) is 5.91 Å². The van der Waals surface area contributed by atoms with Gasteiger partial charge in [0.25, 0.3) is 0 Å². The first-order chi connectivity index (χ1) is 15.3. The molecule has 3 N–H and O–H groups in total. The fraction of sp³-hybridized carbons (Fsp3) is 0.375. The Morgan fingerprint density at radius 1 is 1.00 bits per heavy atom. The number of esters is 1. The van der Waals surface area contributed by atoms with E-state index >= 15 is 0 Å². The molecule has 0 bridgehead atoms. The van der Waals surface area contributed by atoms with Crippen molar-refractivity contribution >= 4 is 18.0 Å². The lowest BCUT2D eigenvalue weighted by Crippen LogP contribution is -2.45. The number of alkyl carbamates (subject to hydrolysis) is 1. The molecule has 2 rings (SSSR count).